The third-order valence-electron chi connectivity index (χ3n) is 4.86. The van der Waals surface area contributed by atoms with E-state index in [1.54, 1.807) is 0 Å². The standard InChI is InChI=1S/C17H21N3O/c18-17(16-10-20-9-3-4-12(20)11-21-16)14-5-1-7-15-13(14)6-2-8-19-15/h1-2,5-8,12,16-17H,3-4,9-11,18H2. The highest BCUT2D eigenvalue weighted by molar-refractivity contribution is 5.82. The number of morpholine rings is 1. The quantitative estimate of drug-likeness (QED) is 0.917. The molecule has 4 nitrogen and oxygen atoms in total. The fraction of sp³-hybridized carbons (Fsp3) is 0.471. The first kappa shape index (κ1) is 13.2. The second kappa shape index (κ2) is 5.37. The van der Waals surface area contributed by atoms with Crippen molar-refractivity contribution in [3.05, 3.63) is 42.1 Å². The molecule has 4 heteroatoms. The maximum atomic E-state index is 6.54. The summed E-state index contributed by atoms with van der Waals surface area (Å²) in [5.41, 5.74) is 8.68. The Hall–Kier alpha value is -1.49. The molecule has 4 rings (SSSR count). The summed E-state index contributed by atoms with van der Waals surface area (Å²) in [4.78, 5) is 6.95. The molecule has 2 N–H and O–H groups in total. The van der Waals surface area contributed by atoms with Gasteiger partial charge in [0.2, 0.25) is 0 Å². The number of benzene rings is 1. The molecule has 1 aromatic heterocycles. The predicted octanol–water partition coefficient (Wildman–Crippen LogP) is 2.10. The number of nitrogens with zero attached hydrogens (tertiary/aromatic N) is 2. The van der Waals surface area contributed by atoms with E-state index in [4.69, 9.17) is 10.5 Å². The maximum Gasteiger partial charge on any atom is 0.0895 e. The highest BCUT2D eigenvalue weighted by Gasteiger charge is 2.35. The monoisotopic (exact) mass is 283 g/mol. The van der Waals surface area contributed by atoms with Crippen molar-refractivity contribution >= 4 is 10.9 Å². The molecule has 2 saturated heterocycles. The summed E-state index contributed by atoms with van der Waals surface area (Å²) in [6.07, 6.45) is 4.45. The number of nitrogens with two attached hydrogens (primary N) is 1. The van der Waals surface area contributed by atoms with Crippen LogP contribution in [0.2, 0.25) is 0 Å². The van der Waals surface area contributed by atoms with Gasteiger partial charge in [0.15, 0.2) is 0 Å². The van der Waals surface area contributed by atoms with Crippen LogP contribution in [0.1, 0.15) is 24.4 Å². The van der Waals surface area contributed by atoms with Crippen LogP contribution in [0.4, 0.5) is 0 Å². The second-order valence-electron chi connectivity index (χ2n) is 6.11. The molecule has 3 unspecified atom stereocenters. The van der Waals surface area contributed by atoms with Crippen molar-refractivity contribution in [2.45, 2.75) is 31.0 Å². The summed E-state index contributed by atoms with van der Waals surface area (Å²) in [6, 6.07) is 10.8. The topological polar surface area (TPSA) is 51.4 Å². The average molecular weight is 283 g/mol. The Bertz CT molecular complexity index is 639. The lowest BCUT2D eigenvalue weighted by atomic mass is 9.96. The van der Waals surface area contributed by atoms with Crippen LogP contribution in [0.3, 0.4) is 0 Å². The third kappa shape index (κ3) is 2.33. The Morgan fingerprint density at radius 2 is 2.24 bits per heavy atom. The third-order valence-corrected chi connectivity index (χ3v) is 4.86. The zero-order valence-corrected chi connectivity index (χ0v) is 12.1. The molecule has 3 atom stereocenters. The summed E-state index contributed by atoms with van der Waals surface area (Å²) in [5.74, 6) is 0. The molecule has 2 aromatic rings. The predicted molar refractivity (Wildman–Crippen MR) is 83.0 cm³/mol. The highest BCUT2D eigenvalue weighted by Crippen LogP contribution is 2.30. The van der Waals surface area contributed by atoms with E-state index in [0.717, 1.165) is 29.6 Å². The van der Waals surface area contributed by atoms with E-state index in [-0.39, 0.29) is 12.1 Å². The van der Waals surface area contributed by atoms with Crippen molar-refractivity contribution in [1.82, 2.24) is 9.88 Å². The number of ether oxygens (including phenoxy) is 1. The molecule has 0 amide bonds. The number of fused-ring (bicyclic) bond motifs is 2. The summed E-state index contributed by atoms with van der Waals surface area (Å²) in [5, 5.41) is 1.14. The normalized spacial score (nSPS) is 27.7. The summed E-state index contributed by atoms with van der Waals surface area (Å²) < 4.78 is 6.07. The fourth-order valence-electron chi connectivity index (χ4n) is 3.68. The molecule has 1 aromatic carbocycles. The Balaban J connectivity index is 1.62. The van der Waals surface area contributed by atoms with Crippen LogP contribution in [0, 0.1) is 0 Å². The van der Waals surface area contributed by atoms with Crippen molar-refractivity contribution in [2.24, 2.45) is 5.73 Å². The number of pyridine rings is 1. The number of hydrogen-bond acceptors (Lipinski definition) is 4. The van der Waals surface area contributed by atoms with Crippen LogP contribution < -0.4 is 5.73 Å². The molecule has 0 saturated carbocycles. The maximum absolute atomic E-state index is 6.54. The Morgan fingerprint density at radius 1 is 1.29 bits per heavy atom. The molecule has 0 aliphatic carbocycles. The van der Waals surface area contributed by atoms with Crippen LogP contribution >= 0.6 is 0 Å². The molecule has 0 radical (unpaired) electrons. The fourth-order valence-corrected chi connectivity index (χ4v) is 3.68. The van der Waals surface area contributed by atoms with Crippen LogP contribution in [0.5, 0.6) is 0 Å². The molecule has 2 fully saturated rings. The van der Waals surface area contributed by atoms with Gasteiger partial charge >= 0.3 is 0 Å². The van der Waals surface area contributed by atoms with Gasteiger partial charge < -0.3 is 10.5 Å². The molecule has 0 bridgehead atoms. The van der Waals surface area contributed by atoms with Gasteiger partial charge in [0.05, 0.1) is 24.3 Å². The van der Waals surface area contributed by atoms with Crippen molar-refractivity contribution in [3.63, 3.8) is 0 Å². The molecule has 110 valence electrons. The average Bonchev–Trinajstić information content (AvgIpc) is 3.01. The SMILES string of the molecule is NC(c1cccc2ncccc12)C1CN2CCCC2CO1. The van der Waals surface area contributed by atoms with Gasteiger partial charge in [-0.15, -0.1) is 0 Å². The van der Waals surface area contributed by atoms with Gasteiger partial charge in [0, 0.05) is 24.2 Å². The first-order valence-electron chi connectivity index (χ1n) is 7.78. The minimum atomic E-state index is -0.0977. The van der Waals surface area contributed by atoms with E-state index < -0.39 is 0 Å². The van der Waals surface area contributed by atoms with Crippen LogP contribution in [-0.4, -0.2) is 41.7 Å². The lowest BCUT2D eigenvalue weighted by Crippen LogP contribution is -2.49. The van der Waals surface area contributed by atoms with E-state index >= 15 is 0 Å². The number of hydrogen-bond donors (Lipinski definition) is 1. The highest BCUT2D eigenvalue weighted by atomic mass is 16.5. The Labute approximate surface area is 124 Å². The van der Waals surface area contributed by atoms with Gasteiger partial charge in [-0.3, -0.25) is 9.88 Å². The molecular weight excluding hydrogens is 262 g/mol. The van der Waals surface area contributed by atoms with Gasteiger partial charge in [-0.25, -0.2) is 0 Å². The molecule has 3 heterocycles. The van der Waals surface area contributed by atoms with E-state index in [1.807, 2.05) is 24.4 Å². The van der Waals surface area contributed by atoms with E-state index in [9.17, 15) is 0 Å². The Morgan fingerprint density at radius 3 is 3.19 bits per heavy atom. The number of aromatic nitrogens is 1. The van der Waals surface area contributed by atoms with Crippen LogP contribution in [0.25, 0.3) is 10.9 Å². The van der Waals surface area contributed by atoms with Gasteiger partial charge in [-0.2, -0.15) is 0 Å². The van der Waals surface area contributed by atoms with Gasteiger partial charge in [0.1, 0.15) is 0 Å². The van der Waals surface area contributed by atoms with E-state index in [0.29, 0.717) is 6.04 Å². The molecule has 21 heavy (non-hydrogen) atoms. The van der Waals surface area contributed by atoms with Crippen LogP contribution in [0.15, 0.2) is 36.5 Å². The van der Waals surface area contributed by atoms with E-state index in [1.165, 1.54) is 19.4 Å². The lowest BCUT2D eigenvalue weighted by molar-refractivity contribution is -0.0595. The summed E-state index contributed by atoms with van der Waals surface area (Å²) >= 11 is 0. The van der Waals surface area contributed by atoms with Crippen LogP contribution in [-0.2, 0) is 4.74 Å². The van der Waals surface area contributed by atoms with Gasteiger partial charge in [0.25, 0.3) is 0 Å². The summed E-state index contributed by atoms with van der Waals surface area (Å²) in [6.45, 7) is 2.96. The first-order chi connectivity index (χ1) is 10.3. The van der Waals surface area contributed by atoms with Gasteiger partial charge in [-0.05, 0) is 37.1 Å². The molecular formula is C17H21N3O. The van der Waals surface area contributed by atoms with Crippen molar-refractivity contribution < 1.29 is 4.74 Å². The first-order valence-corrected chi connectivity index (χ1v) is 7.78. The molecule has 2 aliphatic heterocycles. The zero-order valence-electron chi connectivity index (χ0n) is 12.1. The second-order valence-corrected chi connectivity index (χ2v) is 6.11. The van der Waals surface area contributed by atoms with Gasteiger partial charge in [-0.1, -0.05) is 18.2 Å². The smallest absolute Gasteiger partial charge is 0.0895 e. The minimum Gasteiger partial charge on any atom is -0.373 e. The molecule has 2 aliphatic rings. The van der Waals surface area contributed by atoms with Crippen molar-refractivity contribution in [3.8, 4) is 0 Å². The van der Waals surface area contributed by atoms with Crippen molar-refractivity contribution in [2.75, 3.05) is 19.7 Å². The lowest BCUT2D eigenvalue weighted by Gasteiger charge is -2.38. The van der Waals surface area contributed by atoms with Crippen molar-refractivity contribution in [1.29, 1.82) is 0 Å². The number of rotatable bonds is 2. The molecule has 0 spiro atoms. The van der Waals surface area contributed by atoms with E-state index in [2.05, 4.69) is 22.0 Å². The largest absolute Gasteiger partial charge is 0.373 e. The zero-order chi connectivity index (χ0) is 14.2. The minimum absolute atomic E-state index is 0.0742. The summed E-state index contributed by atoms with van der Waals surface area (Å²) in [7, 11) is 0. The Kier molecular flexibility index (Phi) is 3.37.